The SMILES string of the molecule is CCn1c(SCCC(=O)Nc2ccc(C(C)C)cc2)nc2ccccc2c1=O. The molecule has 0 atom stereocenters. The van der Waals surface area contributed by atoms with Crippen molar-refractivity contribution < 1.29 is 4.79 Å². The van der Waals surface area contributed by atoms with Crippen molar-refractivity contribution in [3.63, 3.8) is 0 Å². The lowest BCUT2D eigenvalue weighted by molar-refractivity contribution is -0.115. The van der Waals surface area contributed by atoms with Crippen LogP contribution in [-0.2, 0) is 11.3 Å². The Hall–Kier alpha value is -2.60. The number of benzene rings is 2. The lowest BCUT2D eigenvalue weighted by atomic mass is 10.0. The van der Waals surface area contributed by atoms with Gasteiger partial charge in [-0.2, -0.15) is 0 Å². The van der Waals surface area contributed by atoms with Crippen LogP contribution >= 0.6 is 11.8 Å². The monoisotopic (exact) mass is 395 g/mol. The van der Waals surface area contributed by atoms with Gasteiger partial charge in [-0.15, -0.1) is 0 Å². The summed E-state index contributed by atoms with van der Waals surface area (Å²) < 4.78 is 1.66. The number of aromatic nitrogens is 2. The summed E-state index contributed by atoms with van der Waals surface area (Å²) in [6.45, 7) is 6.76. The summed E-state index contributed by atoms with van der Waals surface area (Å²) in [5, 5.41) is 4.20. The molecule has 6 heteroatoms. The number of hydrogen-bond acceptors (Lipinski definition) is 4. The fourth-order valence-electron chi connectivity index (χ4n) is 2.95. The highest BCUT2D eigenvalue weighted by Crippen LogP contribution is 2.20. The van der Waals surface area contributed by atoms with Crippen molar-refractivity contribution in [2.75, 3.05) is 11.1 Å². The van der Waals surface area contributed by atoms with Gasteiger partial charge in [-0.1, -0.05) is 49.9 Å². The zero-order valence-corrected chi connectivity index (χ0v) is 17.3. The van der Waals surface area contributed by atoms with Crippen molar-refractivity contribution in [3.8, 4) is 0 Å². The van der Waals surface area contributed by atoms with Crippen LogP contribution in [0, 0.1) is 0 Å². The van der Waals surface area contributed by atoms with Gasteiger partial charge in [0, 0.05) is 24.4 Å². The number of rotatable bonds is 7. The highest BCUT2D eigenvalue weighted by Gasteiger charge is 2.11. The molecule has 1 N–H and O–H groups in total. The molecule has 1 aromatic heterocycles. The predicted octanol–water partition coefficient (Wildman–Crippen LogP) is 4.66. The molecule has 28 heavy (non-hydrogen) atoms. The van der Waals surface area contributed by atoms with Gasteiger partial charge in [0.15, 0.2) is 5.16 Å². The lowest BCUT2D eigenvalue weighted by Gasteiger charge is -2.11. The molecule has 3 aromatic rings. The zero-order valence-electron chi connectivity index (χ0n) is 16.4. The van der Waals surface area contributed by atoms with Gasteiger partial charge < -0.3 is 5.32 Å². The Morgan fingerprint density at radius 1 is 1.14 bits per heavy atom. The van der Waals surface area contributed by atoms with Gasteiger partial charge in [-0.05, 0) is 42.7 Å². The van der Waals surface area contributed by atoms with Gasteiger partial charge in [-0.25, -0.2) is 4.98 Å². The summed E-state index contributed by atoms with van der Waals surface area (Å²) >= 11 is 1.44. The number of anilines is 1. The fraction of sp³-hybridized carbons (Fsp3) is 0.318. The second kappa shape index (κ2) is 9.06. The number of para-hydroxylation sites is 1. The van der Waals surface area contributed by atoms with E-state index in [2.05, 4.69) is 24.1 Å². The van der Waals surface area contributed by atoms with E-state index in [1.54, 1.807) is 10.6 Å². The minimum absolute atomic E-state index is 0.0368. The predicted molar refractivity (Wildman–Crippen MR) is 116 cm³/mol. The Bertz CT molecular complexity index is 1030. The molecule has 5 nitrogen and oxygen atoms in total. The number of fused-ring (bicyclic) bond motifs is 1. The van der Waals surface area contributed by atoms with Crippen LogP contribution in [0.2, 0.25) is 0 Å². The largest absolute Gasteiger partial charge is 0.326 e. The van der Waals surface area contributed by atoms with E-state index >= 15 is 0 Å². The topological polar surface area (TPSA) is 64.0 Å². The molecular weight excluding hydrogens is 370 g/mol. The van der Waals surface area contributed by atoms with E-state index in [-0.39, 0.29) is 11.5 Å². The molecule has 0 unspecified atom stereocenters. The van der Waals surface area contributed by atoms with Gasteiger partial charge in [-0.3, -0.25) is 14.2 Å². The van der Waals surface area contributed by atoms with E-state index < -0.39 is 0 Å². The average Bonchev–Trinajstić information content (AvgIpc) is 2.68. The molecule has 1 heterocycles. The number of nitrogens with one attached hydrogen (secondary N) is 1. The minimum atomic E-state index is -0.0454. The van der Waals surface area contributed by atoms with Crippen LogP contribution in [0.5, 0.6) is 0 Å². The molecule has 0 saturated carbocycles. The molecule has 2 aromatic carbocycles. The van der Waals surface area contributed by atoms with Crippen molar-refractivity contribution in [1.29, 1.82) is 0 Å². The highest BCUT2D eigenvalue weighted by atomic mass is 32.2. The smallest absolute Gasteiger partial charge is 0.262 e. The molecular formula is C22H25N3O2S. The van der Waals surface area contributed by atoms with Crippen LogP contribution < -0.4 is 10.9 Å². The Morgan fingerprint density at radius 3 is 2.54 bits per heavy atom. The summed E-state index contributed by atoms with van der Waals surface area (Å²) in [7, 11) is 0. The van der Waals surface area contributed by atoms with Gasteiger partial charge in [0.25, 0.3) is 5.56 Å². The molecule has 0 bridgehead atoms. The van der Waals surface area contributed by atoms with Gasteiger partial charge in [0.05, 0.1) is 10.9 Å². The maximum atomic E-state index is 12.6. The number of thioether (sulfide) groups is 1. The number of amides is 1. The number of carbonyl (C=O) groups excluding carboxylic acids is 1. The van der Waals surface area contributed by atoms with Crippen LogP contribution in [0.1, 0.15) is 38.7 Å². The van der Waals surface area contributed by atoms with E-state index in [0.717, 1.165) is 5.69 Å². The van der Waals surface area contributed by atoms with Crippen LogP contribution in [0.3, 0.4) is 0 Å². The van der Waals surface area contributed by atoms with Crippen molar-refractivity contribution in [2.45, 2.75) is 44.8 Å². The Kier molecular flexibility index (Phi) is 6.52. The fourth-order valence-corrected chi connectivity index (χ4v) is 3.95. The zero-order chi connectivity index (χ0) is 20.1. The summed E-state index contributed by atoms with van der Waals surface area (Å²) in [5.74, 6) is 0.975. The molecule has 0 aliphatic heterocycles. The quantitative estimate of drug-likeness (QED) is 0.467. The van der Waals surface area contributed by atoms with E-state index in [1.807, 2.05) is 49.4 Å². The Balaban J connectivity index is 1.63. The molecule has 0 saturated heterocycles. The Morgan fingerprint density at radius 2 is 1.86 bits per heavy atom. The Labute approximate surface area is 169 Å². The first-order chi connectivity index (χ1) is 13.5. The number of nitrogens with zero attached hydrogens (tertiary/aromatic N) is 2. The van der Waals surface area contributed by atoms with E-state index in [4.69, 9.17) is 0 Å². The van der Waals surface area contributed by atoms with Crippen molar-refractivity contribution in [1.82, 2.24) is 9.55 Å². The maximum Gasteiger partial charge on any atom is 0.262 e. The maximum absolute atomic E-state index is 12.6. The third-order valence-electron chi connectivity index (χ3n) is 4.56. The van der Waals surface area contributed by atoms with Gasteiger partial charge in [0.2, 0.25) is 5.91 Å². The third-order valence-corrected chi connectivity index (χ3v) is 5.54. The van der Waals surface area contributed by atoms with E-state index in [0.29, 0.717) is 40.7 Å². The summed E-state index contributed by atoms with van der Waals surface area (Å²) in [4.78, 5) is 29.5. The third kappa shape index (κ3) is 4.62. The first kappa shape index (κ1) is 20.1. The van der Waals surface area contributed by atoms with Crippen LogP contribution in [0.25, 0.3) is 10.9 Å². The second-order valence-electron chi connectivity index (χ2n) is 6.88. The molecule has 0 spiro atoms. The van der Waals surface area contributed by atoms with Crippen LogP contribution in [0.4, 0.5) is 5.69 Å². The van der Waals surface area contributed by atoms with Crippen LogP contribution in [-0.4, -0.2) is 21.2 Å². The molecule has 0 fully saturated rings. The first-order valence-corrected chi connectivity index (χ1v) is 10.5. The normalized spacial score (nSPS) is 11.1. The van der Waals surface area contributed by atoms with E-state index in [9.17, 15) is 9.59 Å². The second-order valence-corrected chi connectivity index (χ2v) is 7.95. The summed E-state index contributed by atoms with van der Waals surface area (Å²) in [6.07, 6.45) is 0.350. The minimum Gasteiger partial charge on any atom is -0.326 e. The standard InChI is InChI=1S/C22H25N3O2S/c1-4-25-21(27)18-7-5-6-8-19(18)24-22(25)28-14-13-20(26)23-17-11-9-16(10-12-17)15(2)3/h5-12,15H,4,13-14H2,1-3H3,(H,23,26). The molecule has 0 aliphatic rings. The molecule has 3 rings (SSSR count). The highest BCUT2D eigenvalue weighted by molar-refractivity contribution is 7.99. The molecule has 0 radical (unpaired) electrons. The molecule has 0 aliphatic carbocycles. The van der Waals surface area contributed by atoms with E-state index in [1.165, 1.54) is 17.3 Å². The first-order valence-electron chi connectivity index (χ1n) is 9.51. The van der Waals surface area contributed by atoms with Crippen molar-refractivity contribution in [2.24, 2.45) is 0 Å². The van der Waals surface area contributed by atoms with Crippen LogP contribution in [0.15, 0.2) is 58.5 Å². The number of hydrogen-bond donors (Lipinski definition) is 1. The van der Waals surface area contributed by atoms with Crippen molar-refractivity contribution >= 4 is 34.3 Å². The number of carbonyl (C=O) groups is 1. The van der Waals surface area contributed by atoms with Gasteiger partial charge >= 0.3 is 0 Å². The van der Waals surface area contributed by atoms with Gasteiger partial charge in [0.1, 0.15) is 0 Å². The lowest BCUT2D eigenvalue weighted by Crippen LogP contribution is -2.22. The summed E-state index contributed by atoms with van der Waals surface area (Å²) in [6, 6.07) is 15.3. The summed E-state index contributed by atoms with van der Waals surface area (Å²) in [5.41, 5.74) is 2.70. The van der Waals surface area contributed by atoms with Crippen molar-refractivity contribution in [3.05, 3.63) is 64.4 Å². The molecule has 146 valence electrons. The average molecular weight is 396 g/mol. The molecule has 1 amide bonds.